The fourth-order valence-corrected chi connectivity index (χ4v) is 4.16. The van der Waals surface area contributed by atoms with Crippen LogP contribution in [-0.4, -0.2) is 11.8 Å². The lowest BCUT2D eigenvalue weighted by atomic mass is 10.1. The Morgan fingerprint density at radius 2 is 1.95 bits per heavy atom. The first-order chi connectivity index (χ1) is 10.6. The second-order valence-corrected chi connectivity index (χ2v) is 6.69. The number of hydrogen-bond acceptors (Lipinski definition) is 3. The fourth-order valence-electron chi connectivity index (χ4n) is 2.64. The molecule has 3 rings (SSSR count). The Hall–Kier alpha value is -1.85. The molecule has 22 heavy (non-hydrogen) atoms. The van der Waals surface area contributed by atoms with E-state index >= 15 is 0 Å². The van der Waals surface area contributed by atoms with Crippen LogP contribution in [0.3, 0.4) is 0 Å². The molecule has 0 spiro atoms. The van der Waals surface area contributed by atoms with Gasteiger partial charge in [0.05, 0.1) is 16.3 Å². The molecule has 0 bridgehead atoms. The zero-order valence-corrected chi connectivity index (χ0v) is 13.6. The average molecular weight is 335 g/mol. The Morgan fingerprint density at radius 3 is 2.68 bits per heavy atom. The van der Waals surface area contributed by atoms with Crippen molar-refractivity contribution in [3.63, 3.8) is 0 Å². The highest BCUT2D eigenvalue weighted by atomic mass is 35.5. The summed E-state index contributed by atoms with van der Waals surface area (Å²) in [6.07, 6.45) is 2.89. The molecule has 114 valence electrons. The molecular formula is C16H15ClN2O2S. The maximum absolute atomic E-state index is 12.7. The molecule has 6 heteroatoms. The van der Waals surface area contributed by atoms with Crippen molar-refractivity contribution in [3.05, 3.63) is 45.3 Å². The molecule has 4 nitrogen and oxygen atoms in total. The molecule has 0 saturated heterocycles. The second-order valence-electron chi connectivity index (χ2n) is 5.18. The molecule has 0 fully saturated rings. The molecule has 0 unspecified atom stereocenters. The summed E-state index contributed by atoms with van der Waals surface area (Å²) in [5.41, 5.74) is 2.20. The molecular weight excluding hydrogens is 320 g/mol. The first-order valence-electron chi connectivity index (χ1n) is 7.04. The van der Waals surface area contributed by atoms with Crippen LogP contribution in [0.25, 0.3) is 0 Å². The minimum Gasteiger partial charge on any atom is -0.321 e. The van der Waals surface area contributed by atoms with Gasteiger partial charge in [-0.25, -0.2) is 0 Å². The van der Waals surface area contributed by atoms with Crippen molar-refractivity contribution in [3.8, 4) is 0 Å². The third kappa shape index (κ3) is 2.87. The van der Waals surface area contributed by atoms with Crippen molar-refractivity contribution in [1.29, 1.82) is 0 Å². The number of carbonyl (C=O) groups is 2. The van der Waals surface area contributed by atoms with Gasteiger partial charge in [0.25, 0.3) is 5.91 Å². The Bertz CT molecular complexity index is 755. The van der Waals surface area contributed by atoms with Crippen molar-refractivity contribution in [2.75, 3.05) is 10.6 Å². The molecule has 2 amide bonds. The van der Waals surface area contributed by atoms with E-state index in [1.165, 1.54) is 23.1 Å². The maximum Gasteiger partial charge on any atom is 0.258 e. The number of benzene rings is 1. The summed E-state index contributed by atoms with van der Waals surface area (Å²) in [7, 11) is 0. The summed E-state index contributed by atoms with van der Waals surface area (Å²) in [5.74, 6) is -0.400. The van der Waals surface area contributed by atoms with Gasteiger partial charge in [0, 0.05) is 11.8 Å². The lowest BCUT2D eigenvalue weighted by Crippen LogP contribution is -2.16. The average Bonchev–Trinajstić information content (AvgIpc) is 3.00. The van der Waals surface area contributed by atoms with Gasteiger partial charge in [-0.1, -0.05) is 23.7 Å². The third-order valence-corrected chi connectivity index (χ3v) is 5.10. The second kappa shape index (κ2) is 6.10. The van der Waals surface area contributed by atoms with E-state index in [0.717, 1.165) is 24.8 Å². The number of amides is 2. The van der Waals surface area contributed by atoms with Crippen LogP contribution < -0.4 is 10.6 Å². The van der Waals surface area contributed by atoms with E-state index in [9.17, 15) is 9.59 Å². The van der Waals surface area contributed by atoms with Crippen molar-refractivity contribution in [1.82, 2.24) is 0 Å². The van der Waals surface area contributed by atoms with Crippen LogP contribution in [0.4, 0.5) is 10.7 Å². The van der Waals surface area contributed by atoms with Gasteiger partial charge in [0.1, 0.15) is 5.00 Å². The third-order valence-electron chi connectivity index (χ3n) is 3.56. The van der Waals surface area contributed by atoms with Gasteiger partial charge >= 0.3 is 0 Å². The smallest absolute Gasteiger partial charge is 0.258 e. The highest BCUT2D eigenvalue weighted by Gasteiger charge is 2.27. The first kappa shape index (κ1) is 15.1. The van der Waals surface area contributed by atoms with E-state index in [0.29, 0.717) is 21.3 Å². The van der Waals surface area contributed by atoms with Crippen molar-refractivity contribution in [2.45, 2.75) is 26.2 Å². The Labute approximate surface area is 137 Å². The summed E-state index contributed by atoms with van der Waals surface area (Å²) in [5, 5.41) is 6.73. The lowest BCUT2D eigenvalue weighted by molar-refractivity contribution is -0.114. The van der Waals surface area contributed by atoms with Gasteiger partial charge in [-0.3, -0.25) is 9.59 Å². The van der Waals surface area contributed by atoms with Gasteiger partial charge < -0.3 is 10.6 Å². The van der Waals surface area contributed by atoms with Crippen molar-refractivity contribution < 1.29 is 9.59 Å². The van der Waals surface area contributed by atoms with Crippen molar-refractivity contribution >= 4 is 45.4 Å². The molecule has 2 N–H and O–H groups in total. The van der Waals surface area contributed by atoms with Crippen LogP contribution in [0.5, 0.6) is 0 Å². The number of halogens is 1. The van der Waals surface area contributed by atoms with Crippen molar-refractivity contribution in [2.24, 2.45) is 0 Å². The molecule has 1 aromatic heterocycles. The number of fused-ring (bicyclic) bond motifs is 1. The summed E-state index contributed by atoms with van der Waals surface area (Å²) in [6, 6.07) is 7.10. The summed E-state index contributed by atoms with van der Waals surface area (Å²) in [6.45, 7) is 1.45. The van der Waals surface area contributed by atoms with Gasteiger partial charge in [-0.2, -0.15) is 0 Å². The van der Waals surface area contributed by atoms with Gasteiger partial charge in [0.2, 0.25) is 5.91 Å². The zero-order chi connectivity index (χ0) is 15.7. The normalized spacial score (nSPS) is 12.8. The van der Waals surface area contributed by atoms with Crippen LogP contribution in [0.15, 0.2) is 24.3 Å². The maximum atomic E-state index is 12.7. The van der Waals surface area contributed by atoms with Gasteiger partial charge in [-0.05, 0) is 37.0 Å². The van der Waals surface area contributed by atoms with Crippen LogP contribution in [0.2, 0.25) is 5.02 Å². The van der Waals surface area contributed by atoms with Gasteiger partial charge in [0.15, 0.2) is 0 Å². The minimum atomic E-state index is -0.226. The molecule has 0 radical (unpaired) electrons. The predicted molar refractivity (Wildman–Crippen MR) is 90.1 cm³/mol. The highest BCUT2D eigenvalue weighted by Crippen LogP contribution is 2.39. The molecule has 1 heterocycles. The van der Waals surface area contributed by atoms with E-state index in [-0.39, 0.29) is 11.8 Å². The van der Waals surface area contributed by atoms with E-state index in [4.69, 9.17) is 11.6 Å². The number of rotatable bonds is 3. The van der Waals surface area contributed by atoms with Crippen LogP contribution in [-0.2, 0) is 17.6 Å². The molecule has 0 aliphatic heterocycles. The number of nitrogens with one attached hydrogen (secondary N) is 2. The predicted octanol–water partition coefficient (Wildman–Crippen LogP) is 4.10. The minimum absolute atomic E-state index is 0.174. The standard InChI is InChI=1S/C16H15ClN2O2S/c1-9(20)18-16-14(10-5-4-8-13(10)22-16)15(21)19-12-7-3-2-6-11(12)17/h2-3,6-7H,4-5,8H2,1H3,(H,18,20)(H,19,21). The number of para-hydroxylation sites is 1. The number of carbonyl (C=O) groups excluding carboxylic acids is 2. The number of thiophene rings is 1. The SMILES string of the molecule is CC(=O)Nc1sc2c(c1C(=O)Nc1ccccc1Cl)CCC2. The van der Waals surface area contributed by atoms with Crippen LogP contribution in [0, 0.1) is 0 Å². The largest absolute Gasteiger partial charge is 0.321 e. The summed E-state index contributed by atoms with van der Waals surface area (Å²) < 4.78 is 0. The zero-order valence-electron chi connectivity index (χ0n) is 12.0. The van der Waals surface area contributed by atoms with Crippen LogP contribution >= 0.6 is 22.9 Å². The highest BCUT2D eigenvalue weighted by molar-refractivity contribution is 7.17. The molecule has 1 aliphatic rings. The summed E-state index contributed by atoms with van der Waals surface area (Å²) >= 11 is 7.58. The number of aryl methyl sites for hydroxylation is 1. The Balaban J connectivity index is 1.94. The number of hydrogen-bond donors (Lipinski definition) is 2. The van der Waals surface area contributed by atoms with E-state index in [1.54, 1.807) is 12.1 Å². The van der Waals surface area contributed by atoms with E-state index in [1.807, 2.05) is 12.1 Å². The molecule has 0 saturated carbocycles. The van der Waals surface area contributed by atoms with E-state index < -0.39 is 0 Å². The molecule has 0 atom stereocenters. The first-order valence-corrected chi connectivity index (χ1v) is 8.23. The number of anilines is 2. The molecule has 1 aromatic carbocycles. The molecule has 1 aliphatic carbocycles. The van der Waals surface area contributed by atoms with Gasteiger partial charge in [-0.15, -0.1) is 11.3 Å². The summed E-state index contributed by atoms with van der Waals surface area (Å²) in [4.78, 5) is 25.2. The Morgan fingerprint density at radius 1 is 1.18 bits per heavy atom. The fraction of sp³-hybridized carbons (Fsp3) is 0.250. The van der Waals surface area contributed by atoms with E-state index in [2.05, 4.69) is 10.6 Å². The lowest BCUT2D eigenvalue weighted by Gasteiger charge is -2.09. The quantitative estimate of drug-likeness (QED) is 0.887. The molecule has 2 aromatic rings. The van der Waals surface area contributed by atoms with Crippen LogP contribution in [0.1, 0.15) is 34.1 Å². The monoisotopic (exact) mass is 334 g/mol. The topological polar surface area (TPSA) is 58.2 Å². The Kier molecular flexibility index (Phi) is 4.18.